The van der Waals surface area contributed by atoms with Crippen LogP contribution in [0.5, 0.6) is 0 Å². The molecule has 1 aromatic heterocycles. The Bertz CT molecular complexity index is 868. The first-order valence-electron chi connectivity index (χ1n) is 8.13. The lowest BCUT2D eigenvalue weighted by Gasteiger charge is -2.11. The third kappa shape index (κ3) is 2.84. The number of carbonyl (C=O) groups excluding carboxylic acids is 1. The van der Waals surface area contributed by atoms with Gasteiger partial charge in [-0.3, -0.25) is 4.79 Å². The predicted molar refractivity (Wildman–Crippen MR) is 93.9 cm³/mol. The van der Waals surface area contributed by atoms with Crippen molar-refractivity contribution in [3.05, 3.63) is 89.2 Å². The number of benzene rings is 2. The van der Waals surface area contributed by atoms with E-state index in [-0.39, 0.29) is 5.91 Å². The highest BCUT2D eigenvalue weighted by Crippen LogP contribution is 2.22. The molecule has 0 saturated carbocycles. The molecule has 1 aliphatic rings. The van der Waals surface area contributed by atoms with Crippen molar-refractivity contribution < 1.29 is 4.79 Å². The van der Waals surface area contributed by atoms with Gasteiger partial charge in [-0.15, -0.1) is 0 Å². The van der Waals surface area contributed by atoms with E-state index in [1.807, 2.05) is 29.0 Å². The number of carbonyl (C=O) groups is 1. The Morgan fingerprint density at radius 1 is 0.958 bits per heavy atom. The molecule has 3 aromatic rings. The van der Waals surface area contributed by atoms with Crippen molar-refractivity contribution in [2.45, 2.75) is 19.6 Å². The predicted octanol–water partition coefficient (Wildman–Crippen LogP) is 3.01. The van der Waals surface area contributed by atoms with Crippen LogP contribution in [0.25, 0.3) is 5.69 Å². The van der Waals surface area contributed by atoms with E-state index in [1.165, 1.54) is 11.1 Å². The third-order valence-corrected chi connectivity index (χ3v) is 4.33. The molecular weight excluding hydrogens is 298 g/mol. The molecule has 0 spiro atoms. The second kappa shape index (κ2) is 6.34. The fourth-order valence-corrected chi connectivity index (χ4v) is 3.11. The van der Waals surface area contributed by atoms with E-state index >= 15 is 0 Å². The SMILES string of the molecule is O=C1NCc2cc(CNCc3ccccc3)ccc2-n2cccc21. The van der Waals surface area contributed by atoms with Gasteiger partial charge in [0.15, 0.2) is 0 Å². The van der Waals surface area contributed by atoms with Gasteiger partial charge in [0.05, 0.1) is 5.69 Å². The molecule has 4 nitrogen and oxygen atoms in total. The molecule has 4 rings (SSSR count). The standard InChI is InChI=1S/C20H19N3O/c24-20-19-7-4-10-23(19)18-9-8-16(11-17(18)14-22-20)13-21-12-15-5-2-1-3-6-15/h1-11,21H,12-14H2,(H,22,24). The van der Waals surface area contributed by atoms with Gasteiger partial charge in [0.2, 0.25) is 0 Å². The largest absolute Gasteiger partial charge is 0.347 e. The minimum Gasteiger partial charge on any atom is -0.347 e. The Morgan fingerprint density at radius 2 is 1.79 bits per heavy atom. The second-order valence-corrected chi connectivity index (χ2v) is 6.00. The van der Waals surface area contributed by atoms with E-state index in [2.05, 4.69) is 53.1 Å². The topological polar surface area (TPSA) is 46.1 Å². The van der Waals surface area contributed by atoms with Crippen LogP contribution >= 0.6 is 0 Å². The summed E-state index contributed by atoms with van der Waals surface area (Å²) in [5.74, 6) is -0.0278. The Kier molecular flexibility index (Phi) is 3.89. The van der Waals surface area contributed by atoms with Crippen LogP contribution in [0.2, 0.25) is 0 Å². The maximum absolute atomic E-state index is 12.1. The summed E-state index contributed by atoms with van der Waals surface area (Å²) in [6.45, 7) is 2.20. The van der Waals surface area contributed by atoms with Crippen molar-refractivity contribution >= 4 is 5.91 Å². The van der Waals surface area contributed by atoms with E-state index in [0.29, 0.717) is 12.2 Å². The number of rotatable bonds is 4. The Hall–Kier alpha value is -2.85. The van der Waals surface area contributed by atoms with E-state index < -0.39 is 0 Å². The number of nitrogens with zero attached hydrogens (tertiary/aromatic N) is 1. The smallest absolute Gasteiger partial charge is 0.268 e. The van der Waals surface area contributed by atoms with Gasteiger partial charge in [0.25, 0.3) is 5.91 Å². The molecule has 0 aliphatic carbocycles. The summed E-state index contributed by atoms with van der Waals surface area (Å²) in [5.41, 5.74) is 5.38. The van der Waals surface area contributed by atoms with E-state index in [9.17, 15) is 4.79 Å². The highest BCUT2D eigenvalue weighted by Gasteiger charge is 2.18. The number of hydrogen-bond donors (Lipinski definition) is 2. The van der Waals surface area contributed by atoms with E-state index in [1.54, 1.807) is 0 Å². The molecule has 1 aliphatic heterocycles. The fourth-order valence-electron chi connectivity index (χ4n) is 3.11. The molecule has 24 heavy (non-hydrogen) atoms. The number of hydrogen-bond acceptors (Lipinski definition) is 2. The summed E-state index contributed by atoms with van der Waals surface area (Å²) in [5, 5.41) is 6.44. The summed E-state index contributed by atoms with van der Waals surface area (Å²) in [7, 11) is 0. The molecule has 0 radical (unpaired) electrons. The van der Waals surface area contributed by atoms with Crippen molar-refractivity contribution in [1.29, 1.82) is 0 Å². The number of amides is 1. The molecule has 1 amide bonds. The van der Waals surface area contributed by atoms with Crippen molar-refractivity contribution in [3.8, 4) is 5.69 Å². The molecule has 120 valence electrons. The van der Waals surface area contributed by atoms with Gasteiger partial charge in [-0.2, -0.15) is 0 Å². The van der Waals surface area contributed by atoms with Crippen LogP contribution < -0.4 is 10.6 Å². The quantitative estimate of drug-likeness (QED) is 0.777. The van der Waals surface area contributed by atoms with Crippen LogP contribution in [0.15, 0.2) is 66.9 Å². The normalized spacial score (nSPS) is 12.9. The van der Waals surface area contributed by atoms with E-state index in [4.69, 9.17) is 0 Å². The summed E-state index contributed by atoms with van der Waals surface area (Å²) in [4.78, 5) is 12.1. The lowest BCUT2D eigenvalue weighted by Crippen LogP contribution is -2.21. The Labute approximate surface area is 141 Å². The molecular formula is C20H19N3O. The van der Waals surface area contributed by atoms with Crippen LogP contribution in [0.1, 0.15) is 27.2 Å². The van der Waals surface area contributed by atoms with E-state index in [0.717, 1.165) is 24.3 Å². The highest BCUT2D eigenvalue weighted by molar-refractivity contribution is 5.94. The minimum atomic E-state index is -0.0278. The van der Waals surface area contributed by atoms with Crippen LogP contribution in [0.3, 0.4) is 0 Å². The van der Waals surface area contributed by atoms with Crippen LogP contribution in [0, 0.1) is 0 Å². The Morgan fingerprint density at radius 3 is 2.67 bits per heavy atom. The average molecular weight is 317 g/mol. The van der Waals surface area contributed by atoms with Gasteiger partial charge in [0.1, 0.15) is 5.69 Å². The molecule has 0 bridgehead atoms. The van der Waals surface area contributed by atoms with Gasteiger partial charge in [-0.25, -0.2) is 0 Å². The molecule has 0 atom stereocenters. The number of nitrogens with one attached hydrogen (secondary N) is 2. The zero-order valence-corrected chi connectivity index (χ0v) is 13.3. The fraction of sp³-hybridized carbons (Fsp3) is 0.150. The molecule has 2 N–H and O–H groups in total. The minimum absolute atomic E-state index is 0.0278. The zero-order chi connectivity index (χ0) is 16.4. The van der Waals surface area contributed by atoms with Gasteiger partial charge in [-0.05, 0) is 34.9 Å². The molecule has 0 saturated heterocycles. The first-order valence-corrected chi connectivity index (χ1v) is 8.13. The molecule has 4 heteroatoms. The van der Waals surface area contributed by atoms with Crippen molar-refractivity contribution in [3.63, 3.8) is 0 Å². The van der Waals surface area contributed by atoms with Crippen molar-refractivity contribution in [1.82, 2.24) is 15.2 Å². The summed E-state index contributed by atoms with van der Waals surface area (Å²) in [6.07, 6.45) is 1.94. The summed E-state index contributed by atoms with van der Waals surface area (Å²) >= 11 is 0. The number of aromatic nitrogens is 1. The highest BCUT2D eigenvalue weighted by atomic mass is 16.1. The maximum atomic E-state index is 12.1. The molecule has 0 unspecified atom stereocenters. The summed E-state index contributed by atoms with van der Waals surface area (Å²) in [6, 6.07) is 20.5. The first kappa shape index (κ1) is 14.7. The van der Waals surface area contributed by atoms with Crippen LogP contribution in [0.4, 0.5) is 0 Å². The lowest BCUT2D eigenvalue weighted by molar-refractivity contribution is 0.0946. The van der Waals surface area contributed by atoms with Crippen LogP contribution in [-0.2, 0) is 19.6 Å². The van der Waals surface area contributed by atoms with Crippen molar-refractivity contribution in [2.75, 3.05) is 0 Å². The Balaban J connectivity index is 1.51. The molecule has 2 aromatic carbocycles. The lowest BCUT2D eigenvalue weighted by atomic mass is 10.1. The average Bonchev–Trinajstić information content (AvgIpc) is 3.06. The second-order valence-electron chi connectivity index (χ2n) is 6.00. The van der Waals surface area contributed by atoms with Gasteiger partial charge < -0.3 is 15.2 Å². The molecule has 0 fully saturated rings. The van der Waals surface area contributed by atoms with Gasteiger partial charge in [0, 0.05) is 25.8 Å². The summed E-state index contributed by atoms with van der Waals surface area (Å²) < 4.78 is 1.96. The van der Waals surface area contributed by atoms with Crippen molar-refractivity contribution in [2.24, 2.45) is 0 Å². The zero-order valence-electron chi connectivity index (χ0n) is 13.3. The van der Waals surface area contributed by atoms with Gasteiger partial charge in [-0.1, -0.05) is 42.5 Å². The molecule has 2 heterocycles. The third-order valence-electron chi connectivity index (χ3n) is 4.33. The van der Waals surface area contributed by atoms with Crippen LogP contribution in [-0.4, -0.2) is 10.5 Å². The number of fused-ring (bicyclic) bond motifs is 3. The maximum Gasteiger partial charge on any atom is 0.268 e. The monoisotopic (exact) mass is 317 g/mol. The van der Waals surface area contributed by atoms with Gasteiger partial charge >= 0.3 is 0 Å². The first-order chi connectivity index (χ1) is 11.8.